The first-order valence-corrected chi connectivity index (χ1v) is 6.79. The number of nitrogens with one attached hydrogen (secondary N) is 1. The first-order valence-electron chi connectivity index (χ1n) is 5.62. The zero-order chi connectivity index (χ0) is 14.6. The lowest BCUT2D eigenvalue weighted by Gasteiger charge is -2.21. The highest BCUT2D eigenvalue weighted by atomic mass is 79.9. The van der Waals surface area contributed by atoms with Gasteiger partial charge in [-0.1, -0.05) is 27.5 Å². The molecule has 1 aromatic carbocycles. The Labute approximate surface area is 125 Å². The van der Waals surface area contributed by atoms with Crippen molar-refractivity contribution < 1.29 is 14.3 Å². The first kappa shape index (κ1) is 16.0. The molecule has 1 N–H and O–H groups in total. The van der Waals surface area contributed by atoms with Gasteiger partial charge in [-0.25, -0.2) is 4.79 Å². The SMILES string of the molecule is CC(C)(C)OC(=O)NC(C=O)c1cc(Cl)cc(Br)c1. The Morgan fingerprint density at radius 2 is 2.05 bits per heavy atom. The first-order chi connectivity index (χ1) is 8.71. The summed E-state index contributed by atoms with van der Waals surface area (Å²) in [7, 11) is 0. The average Bonchev–Trinajstić information content (AvgIpc) is 2.21. The molecule has 19 heavy (non-hydrogen) atoms. The third kappa shape index (κ3) is 5.61. The van der Waals surface area contributed by atoms with Crippen LogP contribution in [0.3, 0.4) is 0 Å². The smallest absolute Gasteiger partial charge is 0.408 e. The number of hydrogen-bond donors (Lipinski definition) is 1. The molecule has 0 radical (unpaired) electrons. The van der Waals surface area contributed by atoms with Gasteiger partial charge in [0.15, 0.2) is 0 Å². The van der Waals surface area contributed by atoms with Crippen LogP contribution >= 0.6 is 27.5 Å². The van der Waals surface area contributed by atoms with Crippen molar-refractivity contribution in [2.75, 3.05) is 0 Å². The zero-order valence-electron chi connectivity index (χ0n) is 10.9. The van der Waals surface area contributed by atoms with Crippen molar-refractivity contribution in [1.82, 2.24) is 5.32 Å². The lowest BCUT2D eigenvalue weighted by atomic mass is 10.1. The van der Waals surface area contributed by atoms with Crippen LogP contribution in [-0.2, 0) is 9.53 Å². The van der Waals surface area contributed by atoms with Gasteiger partial charge < -0.3 is 14.8 Å². The normalized spacial score (nSPS) is 12.7. The van der Waals surface area contributed by atoms with Gasteiger partial charge in [0.2, 0.25) is 0 Å². The molecule has 0 heterocycles. The number of hydrogen-bond acceptors (Lipinski definition) is 3. The summed E-state index contributed by atoms with van der Waals surface area (Å²) in [6, 6.07) is 4.22. The molecule has 0 aromatic heterocycles. The number of ether oxygens (including phenoxy) is 1. The van der Waals surface area contributed by atoms with Crippen molar-refractivity contribution in [1.29, 1.82) is 0 Å². The van der Waals surface area contributed by atoms with Gasteiger partial charge in [-0.05, 0) is 44.5 Å². The molecule has 0 aliphatic heterocycles. The van der Waals surface area contributed by atoms with Crippen LogP contribution < -0.4 is 5.32 Å². The number of alkyl carbamates (subject to hydrolysis) is 1. The van der Waals surface area contributed by atoms with E-state index in [4.69, 9.17) is 16.3 Å². The van der Waals surface area contributed by atoms with Gasteiger partial charge >= 0.3 is 6.09 Å². The molecule has 0 bridgehead atoms. The minimum absolute atomic E-state index is 0.474. The maximum atomic E-state index is 11.6. The fourth-order valence-corrected chi connectivity index (χ4v) is 2.27. The number of aldehydes is 1. The predicted molar refractivity (Wildman–Crippen MR) is 77.3 cm³/mol. The molecule has 1 amide bonds. The summed E-state index contributed by atoms with van der Waals surface area (Å²) in [6.45, 7) is 5.25. The van der Waals surface area contributed by atoms with E-state index in [9.17, 15) is 9.59 Å². The second-order valence-electron chi connectivity index (χ2n) is 4.96. The van der Waals surface area contributed by atoms with Crippen LogP contribution in [0.4, 0.5) is 4.79 Å². The Morgan fingerprint density at radius 1 is 1.42 bits per heavy atom. The molecule has 1 atom stereocenters. The molecular weight excluding hydrogens is 334 g/mol. The van der Waals surface area contributed by atoms with Gasteiger partial charge in [-0.15, -0.1) is 0 Å². The second kappa shape index (κ2) is 6.39. The maximum absolute atomic E-state index is 11.6. The molecule has 0 spiro atoms. The molecule has 1 aromatic rings. The van der Waals surface area contributed by atoms with Crippen molar-refractivity contribution in [2.45, 2.75) is 32.4 Å². The number of halogens is 2. The van der Waals surface area contributed by atoms with Crippen molar-refractivity contribution >= 4 is 39.9 Å². The Balaban J connectivity index is 2.84. The van der Waals surface area contributed by atoms with Crippen LogP contribution in [-0.4, -0.2) is 18.0 Å². The Hall–Kier alpha value is -1.07. The lowest BCUT2D eigenvalue weighted by Crippen LogP contribution is -2.35. The summed E-state index contributed by atoms with van der Waals surface area (Å²) < 4.78 is 5.83. The van der Waals surface area contributed by atoms with Gasteiger partial charge in [0.25, 0.3) is 0 Å². The van der Waals surface area contributed by atoms with Crippen molar-refractivity contribution in [3.63, 3.8) is 0 Å². The van der Waals surface area contributed by atoms with E-state index in [1.807, 2.05) is 0 Å². The number of rotatable bonds is 3. The molecule has 104 valence electrons. The van der Waals surface area contributed by atoms with E-state index in [-0.39, 0.29) is 0 Å². The number of carbonyl (C=O) groups is 2. The predicted octanol–water partition coefficient (Wildman–Crippen LogP) is 3.87. The van der Waals surface area contributed by atoms with Crippen LogP contribution in [0.1, 0.15) is 32.4 Å². The Kier molecular flexibility index (Phi) is 5.38. The Morgan fingerprint density at radius 3 is 2.53 bits per heavy atom. The molecule has 0 saturated carbocycles. The lowest BCUT2D eigenvalue weighted by molar-refractivity contribution is -0.109. The summed E-state index contributed by atoms with van der Waals surface area (Å²) in [5.41, 5.74) is -0.0351. The van der Waals surface area contributed by atoms with E-state index >= 15 is 0 Å². The second-order valence-corrected chi connectivity index (χ2v) is 6.31. The monoisotopic (exact) mass is 347 g/mol. The summed E-state index contributed by atoms with van der Waals surface area (Å²) in [5, 5.41) is 2.96. The zero-order valence-corrected chi connectivity index (χ0v) is 13.2. The van der Waals surface area contributed by atoms with Gasteiger partial charge in [-0.2, -0.15) is 0 Å². The van der Waals surface area contributed by atoms with Crippen molar-refractivity contribution in [3.8, 4) is 0 Å². The molecule has 1 rings (SSSR count). The minimum atomic E-state index is -0.801. The molecule has 0 aliphatic rings. The third-order valence-electron chi connectivity index (χ3n) is 2.05. The average molecular weight is 349 g/mol. The van der Waals surface area contributed by atoms with E-state index in [1.54, 1.807) is 39.0 Å². The Bertz CT molecular complexity index is 465. The minimum Gasteiger partial charge on any atom is -0.444 e. The van der Waals surface area contributed by atoms with Crippen molar-refractivity contribution in [3.05, 3.63) is 33.3 Å². The molecule has 0 saturated heterocycles. The van der Waals surface area contributed by atoms with E-state index in [0.717, 1.165) is 4.47 Å². The maximum Gasteiger partial charge on any atom is 0.408 e. The highest BCUT2D eigenvalue weighted by Crippen LogP contribution is 2.23. The summed E-state index contributed by atoms with van der Waals surface area (Å²) in [4.78, 5) is 22.7. The summed E-state index contributed by atoms with van der Waals surface area (Å²) >= 11 is 9.19. The standard InChI is InChI=1S/C13H15BrClNO3/c1-13(2,3)19-12(18)16-11(7-17)8-4-9(14)6-10(15)5-8/h4-7,11H,1-3H3,(H,16,18). The third-order valence-corrected chi connectivity index (χ3v) is 2.73. The van der Waals surface area contributed by atoms with E-state index < -0.39 is 17.7 Å². The highest BCUT2D eigenvalue weighted by molar-refractivity contribution is 9.10. The van der Waals surface area contributed by atoms with Crippen LogP contribution in [0, 0.1) is 0 Å². The fourth-order valence-electron chi connectivity index (χ4n) is 1.39. The fraction of sp³-hybridized carbons (Fsp3) is 0.385. The largest absolute Gasteiger partial charge is 0.444 e. The summed E-state index contributed by atoms with van der Waals surface area (Å²) in [5.74, 6) is 0. The van der Waals surface area contributed by atoms with Gasteiger partial charge in [0.05, 0.1) is 0 Å². The molecule has 1 unspecified atom stereocenters. The summed E-state index contributed by atoms with van der Waals surface area (Å²) in [6.07, 6.45) is -0.0251. The topological polar surface area (TPSA) is 55.4 Å². The van der Waals surface area contributed by atoms with Gasteiger partial charge in [-0.3, -0.25) is 0 Å². The van der Waals surface area contributed by atoms with Gasteiger partial charge in [0, 0.05) is 9.50 Å². The quantitative estimate of drug-likeness (QED) is 0.844. The van der Waals surface area contributed by atoms with Gasteiger partial charge in [0.1, 0.15) is 17.9 Å². The van der Waals surface area contributed by atoms with E-state index in [0.29, 0.717) is 16.9 Å². The number of amides is 1. The highest BCUT2D eigenvalue weighted by Gasteiger charge is 2.20. The van der Waals surface area contributed by atoms with E-state index in [2.05, 4.69) is 21.2 Å². The van der Waals surface area contributed by atoms with Crippen LogP contribution in [0.2, 0.25) is 5.02 Å². The molecule has 4 nitrogen and oxygen atoms in total. The molecular formula is C13H15BrClNO3. The number of carbonyl (C=O) groups excluding carboxylic acids is 2. The number of benzene rings is 1. The van der Waals surface area contributed by atoms with Crippen LogP contribution in [0.15, 0.2) is 22.7 Å². The van der Waals surface area contributed by atoms with Crippen LogP contribution in [0.25, 0.3) is 0 Å². The van der Waals surface area contributed by atoms with Crippen molar-refractivity contribution in [2.24, 2.45) is 0 Å². The van der Waals surface area contributed by atoms with Crippen LogP contribution in [0.5, 0.6) is 0 Å². The molecule has 0 aliphatic carbocycles. The molecule has 6 heteroatoms. The molecule has 0 fully saturated rings. The van der Waals surface area contributed by atoms with E-state index in [1.165, 1.54) is 0 Å².